The Morgan fingerprint density at radius 3 is 2.56 bits per heavy atom. The summed E-state index contributed by atoms with van der Waals surface area (Å²) in [5, 5.41) is 0. The second-order valence-electron chi connectivity index (χ2n) is 5.30. The Labute approximate surface area is 97.4 Å². The van der Waals surface area contributed by atoms with Crippen molar-refractivity contribution in [3.63, 3.8) is 0 Å². The van der Waals surface area contributed by atoms with Crippen molar-refractivity contribution in [1.29, 1.82) is 0 Å². The van der Waals surface area contributed by atoms with Gasteiger partial charge in [0.05, 0.1) is 5.54 Å². The molecule has 4 heteroatoms. The first-order valence-electron chi connectivity index (χ1n) is 5.66. The number of rotatable bonds is 3. The zero-order chi connectivity index (χ0) is 12.4. The molecule has 1 heterocycles. The Bertz CT molecular complexity index is 279. The van der Waals surface area contributed by atoms with Gasteiger partial charge in [0.15, 0.2) is 0 Å². The number of carbonyl (C=O) groups is 1. The van der Waals surface area contributed by atoms with Crippen molar-refractivity contribution in [2.45, 2.75) is 44.8 Å². The molecule has 1 saturated heterocycles. The molecule has 1 aliphatic rings. The molecule has 16 heavy (non-hydrogen) atoms. The summed E-state index contributed by atoms with van der Waals surface area (Å²) in [4.78, 5) is 13.6. The molecule has 1 amide bonds. The minimum absolute atomic E-state index is 0.260. The van der Waals surface area contributed by atoms with Crippen molar-refractivity contribution in [3.05, 3.63) is 12.7 Å². The predicted octanol–water partition coefficient (Wildman–Crippen LogP) is 1.90. The van der Waals surface area contributed by atoms with E-state index in [0.717, 1.165) is 19.4 Å². The minimum Gasteiger partial charge on any atom is -0.444 e. The number of hydrogen-bond donors (Lipinski definition) is 1. The number of ether oxygens (including phenoxy) is 1. The minimum atomic E-state index is -0.457. The summed E-state index contributed by atoms with van der Waals surface area (Å²) in [5.74, 6) is 0. The van der Waals surface area contributed by atoms with Crippen molar-refractivity contribution in [2.24, 2.45) is 5.73 Å². The summed E-state index contributed by atoms with van der Waals surface area (Å²) in [6.07, 6.45) is 3.19. The van der Waals surface area contributed by atoms with Crippen LogP contribution in [0.15, 0.2) is 12.7 Å². The Kier molecular flexibility index (Phi) is 3.63. The molecule has 0 aromatic rings. The van der Waals surface area contributed by atoms with Gasteiger partial charge in [-0.3, -0.25) is 0 Å². The van der Waals surface area contributed by atoms with E-state index in [2.05, 4.69) is 6.58 Å². The van der Waals surface area contributed by atoms with Crippen LogP contribution in [0.5, 0.6) is 0 Å². The Morgan fingerprint density at radius 1 is 1.62 bits per heavy atom. The molecular weight excluding hydrogens is 204 g/mol. The number of nitrogens with two attached hydrogens (primary N) is 1. The van der Waals surface area contributed by atoms with Gasteiger partial charge < -0.3 is 15.4 Å². The predicted molar refractivity (Wildman–Crippen MR) is 64.2 cm³/mol. The van der Waals surface area contributed by atoms with E-state index in [1.165, 1.54) is 0 Å². The summed E-state index contributed by atoms with van der Waals surface area (Å²) in [6, 6.07) is 0. The molecule has 0 bridgehead atoms. The van der Waals surface area contributed by atoms with Crippen LogP contribution in [-0.2, 0) is 4.74 Å². The maximum Gasteiger partial charge on any atom is 0.410 e. The summed E-state index contributed by atoms with van der Waals surface area (Å²) in [7, 11) is 0. The van der Waals surface area contributed by atoms with E-state index in [0.29, 0.717) is 6.54 Å². The van der Waals surface area contributed by atoms with Crippen LogP contribution in [-0.4, -0.2) is 35.2 Å². The van der Waals surface area contributed by atoms with Gasteiger partial charge in [0.2, 0.25) is 0 Å². The quantitative estimate of drug-likeness (QED) is 0.748. The number of amides is 1. The van der Waals surface area contributed by atoms with Crippen molar-refractivity contribution >= 4 is 6.09 Å². The van der Waals surface area contributed by atoms with Gasteiger partial charge in [0, 0.05) is 13.1 Å². The van der Waals surface area contributed by atoms with Gasteiger partial charge in [-0.2, -0.15) is 0 Å². The van der Waals surface area contributed by atoms with Crippen molar-refractivity contribution in [3.8, 4) is 0 Å². The van der Waals surface area contributed by atoms with Gasteiger partial charge >= 0.3 is 6.09 Å². The normalized spacial score (nSPS) is 24.9. The first-order valence-corrected chi connectivity index (χ1v) is 5.66. The van der Waals surface area contributed by atoms with Gasteiger partial charge in [-0.15, -0.1) is 6.58 Å². The first-order chi connectivity index (χ1) is 7.34. The Balaban J connectivity index is 2.67. The van der Waals surface area contributed by atoms with E-state index < -0.39 is 5.60 Å². The summed E-state index contributed by atoms with van der Waals surface area (Å²) >= 11 is 0. The van der Waals surface area contributed by atoms with E-state index in [1.54, 1.807) is 4.90 Å². The molecule has 0 aliphatic carbocycles. The highest BCUT2D eigenvalue weighted by atomic mass is 16.6. The number of likely N-dealkylation sites (tertiary alicyclic amines) is 1. The first kappa shape index (κ1) is 13.0. The fourth-order valence-corrected chi connectivity index (χ4v) is 1.92. The third-order valence-electron chi connectivity index (χ3n) is 2.89. The van der Waals surface area contributed by atoms with Crippen LogP contribution in [0, 0.1) is 0 Å². The SMILES string of the molecule is C=CCC1(CN)CCN1C(=O)OC(C)(C)C. The van der Waals surface area contributed by atoms with Gasteiger partial charge in [0.1, 0.15) is 5.60 Å². The molecule has 0 radical (unpaired) electrons. The van der Waals surface area contributed by atoms with Crippen molar-refractivity contribution in [1.82, 2.24) is 4.90 Å². The van der Waals surface area contributed by atoms with Gasteiger partial charge in [-0.1, -0.05) is 6.08 Å². The number of hydrogen-bond acceptors (Lipinski definition) is 3. The van der Waals surface area contributed by atoms with Crippen LogP contribution in [0.25, 0.3) is 0 Å². The van der Waals surface area contributed by atoms with Crippen LogP contribution >= 0.6 is 0 Å². The lowest BCUT2D eigenvalue weighted by molar-refractivity contribution is -0.0400. The maximum absolute atomic E-state index is 11.9. The molecule has 1 aliphatic heterocycles. The second kappa shape index (κ2) is 4.45. The van der Waals surface area contributed by atoms with Gasteiger partial charge in [0.25, 0.3) is 0 Å². The number of carbonyl (C=O) groups excluding carboxylic acids is 1. The lowest BCUT2D eigenvalue weighted by Crippen LogP contribution is -2.66. The molecule has 4 nitrogen and oxygen atoms in total. The van der Waals surface area contributed by atoms with Crippen LogP contribution in [0.2, 0.25) is 0 Å². The highest BCUT2D eigenvalue weighted by molar-refractivity contribution is 5.70. The van der Waals surface area contributed by atoms with Crippen molar-refractivity contribution < 1.29 is 9.53 Å². The molecule has 1 unspecified atom stereocenters. The molecule has 0 aromatic heterocycles. The molecule has 1 fully saturated rings. The lowest BCUT2D eigenvalue weighted by atomic mass is 9.82. The average molecular weight is 226 g/mol. The number of nitrogens with zero attached hydrogens (tertiary/aromatic N) is 1. The molecule has 0 aromatic carbocycles. The summed E-state index contributed by atoms with van der Waals surface area (Å²) in [5.41, 5.74) is 5.03. The zero-order valence-corrected chi connectivity index (χ0v) is 10.5. The Hall–Kier alpha value is -1.03. The monoisotopic (exact) mass is 226 g/mol. The van der Waals surface area contributed by atoms with E-state index in [1.807, 2.05) is 26.8 Å². The fraction of sp³-hybridized carbons (Fsp3) is 0.750. The molecular formula is C12H22N2O2. The molecule has 2 N–H and O–H groups in total. The average Bonchev–Trinajstić information content (AvgIpc) is 2.08. The van der Waals surface area contributed by atoms with E-state index in [9.17, 15) is 4.79 Å². The lowest BCUT2D eigenvalue weighted by Gasteiger charge is -2.51. The standard InChI is InChI=1S/C12H22N2O2/c1-5-6-12(9-13)7-8-14(12)10(15)16-11(2,3)4/h5H,1,6-9,13H2,2-4H3. The van der Waals surface area contributed by atoms with Crippen LogP contribution < -0.4 is 5.73 Å². The highest BCUT2D eigenvalue weighted by Crippen LogP contribution is 2.34. The summed E-state index contributed by atoms with van der Waals surface area (Å²) in [6.45, 7) is 10.5. The van der Waals surface area contributed by atoms with Gasteiger partial charge in [-0.25, -0.2) is 4.79 Å². The third kappa shape index (κ3) is 2.55. The highest BCUT2D eigenvalue weighted by Gasteiger charge is 2.46. The van der Waals surface area contributed by atoms with Crippen LogP contribution in [0.1, 0.15) is 33.6 Å². The van der Waals surface area contributed by atoms with Gasteiger partial charge in [-0.05, 0) is 33.6 Å². The topological polar surface area (TPSA) is 55.6 Å². The van der Waals surface area contributed by atoms with Crippen LogP contribution in [0.3, 0.4) is 0 Å². The van der Waals surface area contributed by atoms with E-state index >= 15 is 0 Å². The molecule has 0 spiro atoms. The molecule has 0 saturated carbocycles. The largest absolute Gasteiger partial charge is 0.444 e. The second-order valence-corrected chi connectivity index (χ2v) is 5.30. The maximum atomic E-state index is 11.9. The summed E-state index contributed by atoms with van der Waals surface area (Å²) < 4.78 is 5.34. The Morgan fingerprint density at radius 2 is 2.25 bits per heavy atom. The molecule has 1 rings (SSSR count). The van der Waals surface area contributed by atoms with E-state index in [4.69, 9.17) is 10.5 Å². The van der Waals surface area contributed by atoms with Crippen LogP contribution in [0.4, 0.5) is 4.79 Å². The smallest absolute Gasteiger partial charge is 0.410 e. The molecule has 92 valence electrons. The van der Waals surface area contributed by atoms with Crippen molar-refractivity contribution in [2.75, 3.05) is 13.1 Å². The fourth-order valence-electron chi connectivity index (χ4n) is 1.92. The molecule has 1 atom stereocenters. The zero-order valence-electron chi connectivity index (χ0n) is 10.5. The van der Waals surface area contributed by atoms with E-state index in [-0.39, 0.29) is 11.6 Å². The third-order valence-corrected chi connectivity index (χ3v) is 2.89.